The second-order valence-electron chi connectivity index (χ2n) is 6.82. The Morgan fingerprint density at radius 1 is 0.968 bits per heavy atom. The van der Waals surface area contributed by atoms with Crippen LogP contribution < -0.4 is 19.7 Å². The first kappa shape index (κ1) is 21.0. The maximum Gasteiger partial charge on any atom is 0.282 e. The minimum absolute atomic E-state index is 0.184. The molecule has 31 heavy (non-hydrogen) atoms. The lowest BCUT2D eigenvalue weighted by Crippen LogP contribution is -2.32. The molecule has 0 saturated heterocycles. The van der Waals surface area contributed by atoms with E-state index in [-0.39, 0.29) is 5.70 Å². The number of methoxy groups -OCH3 is 2. The van der Waals surface area contributed by atoms with E-state index in [1.165, 1.54) is 18.4 Å². The minimum atomic E-state index is -0.474. The number of imide groups is 1. The molecule has 0 atom stereocenters. The normalized spacial score (nSPS) is 13.7. The van der Waals surface area contributed by atoms with E-state index in [0.717, 1.165) is 10.5 Å². The molecule has 158 valence electrons. The number of nitrogens with one attached hydrogen (secondary N) is 1. The molecule has 1 aliphatic heterocycles. The lowest BCUT2D eigenvalue weighted by molar-refractivity contribution is -0.120. The molecular weight excluding hydrogens is 436 g/mol. The molecule has 1 aromatic heterocycles. The lowest BCUT2D eigenvalue weighted by atomic mass is 10.1. The predicted molar refractivity (Wildman–Crippen MR) is 123 cm³/mol. The molecule has 2 amide bonds. The lowest BCUT2D eigenvalue weighted by Gasteiger charge is -2.17. The van der Waals surface area contributed by atoms with E-state index in [4.69, 9.17) is 21.1 Å². The molecule has 4 rings (SSSR count). The molecule has 0 fully saturated rings. The number of hydrogen-bond acceptors (Lipinski definition) is 6. The summed E-state index contributed by atoms with van der Waals surface area (Å²) in [5, 5.41) is 5.31. The van der Waals surface area contributed by atoms with Crippen molar-refractivity contribution < 1.29 is 19.1 Å². The molecule has 0 aliphatic carbocycles. The molecule has 1 N–H and O–H groups in total. The highest BCUT2D eigenvalue weighted by molar-refractivity contribution is 7.11. The first-order chi connectivity index (χ1) is 14.9. The largest absolute Gasteiger partial charge is 0.495 e. The maximum atomic E-state index is 13.5. The Bertz CT molecular complexity index is 1200. The molecule has 0 saturated carbocycles. The van der Waals surface area contributed by atoms with Crippen LogP contribution in [-0.2, 0) is 9.59 Å². The zero-order valence-corrected chi connectivity index (χ0v) is 18.6. The minimum Gasteiger partial charge on any atom is -0.495 e. The fraction of sp³-hybridized carbons (Fsp3) is 0.130. The average Bonchev–Trinajstić information content (AvgIpc) is 3.35. The zero-order chi connectivity index (χ0) is 22.1. The summed E-state index contributed by atoms with van der Waals surface area (Å²) in [7, 11) is 3.05. The van der Waals surface area contributed by atoms with E-state index >= 15 is 0 Å². The summed E-state index contributed by atoms with van der Waals surface area (Å²) in [4.78, 5) is 28.7. The number of rotatable bonds is 6. The van der Waals surface area contributed by atoms with Crippen LogP contribution >= 0.6 is 22.9 Å². The number of thiophene rings is 1. The van der Waals surface area contributed by atoms with Gasteiger partial charge in [0.15, 0.2) is 0 Å². The highest BCUT2D eigenvalue weighted by atomic mass is 35.5. The number of nitrogens with zero attached hydrogens (tertiary/aromatic N) is 1. The van der Waals surface area contributed by atoms with E-state index in [9.17, 15) is 9.59 Å². The molecule has 2 aromatic carbocycles. The Kier molecular flexibility index (Phi) is 5.71. The molecule has 3 aromatic rings. The molecule has 0 bridgehead atoms. The summed E-state index contributed by atoms with van der Waals surface area (Å²) in [6.45, 7) is 1.94. The van der Waals surface area contributed by atoms with Gasteiger partial charge < -0.3 is 14.8 Å². The van der Waals surface area contributed by atoms with Crippen LogP contribution in [0.25, 0.3) is 5.57 Å². The van der Waals surface area contributed by atoms with Crippen LogP contribution in [0.2, 0.25) is 5.02 Å². The molecule has 0 unspecified atom stereocenters. The molecule has 6 nitrogen and oxygen atoms in total. The Morgan fingerprint density at radius 3 is 2.35 bits per heavy atom. The second kappa shape index (κ2) is 8.45. The van der Waals surface area contributed by atoms with Gasteiger partial charge in [0.05, 0.1) is 36.2 Å². The molecule has 0 spiro atoms. The monoisotopic (exact) mass is 454 g/mol. The van der Waals surface area contributed by atoms with Crippen molar-refractivity contribution in [2.75, 3.05) is 24.4 Å². The third kappa shape index (κ3) is 3.78. The first-order valence-corrected chi connectivity index (χ1v) is 10.6. The first-order valence-electron chi connectivity index (χ1n) is 9.36. The summed E-state index contributed by atoms with van der Waals surface area (Å²) >= 11 is 7.63. The van der Waals surface area contributed by atoms with Gasteiger partial charge in [-0.1, -0.05) is 23.7 Å². The van der Waals surface area contributed by atoms with Gasteiger partial charge in [-0.25, -0.2) is 4.90 Å². The topological polar surface area (TPSA) is 67.9 Å². The highest BCUT2D eigenvalue weighted by Gasteiger charge is 2.41. The van der Waals surface area contributed by atoms with Crippen molar-refractivity contribution in [3.05, 3.63) is 75.1 Å². The van der Waals surface area contributed by atoms with Crippen molar-refractivity contribution in [2.24, 2.45) is 0 Å². The standard InChI is InChI=1S/C23H19ClN2O4S/c1-13-6-8-18(30-3)16(11-13)25-21-20(19-5-4-10-31-19)22(27)26(23(21)28)14-7-9-17(29-2)15(24)12-14/h4-12,25H,1-3H3. The van der Waals surface area contributed by atoms with E-state index < -0.39 is 11.8 Å². The quantitative estimate of drug-likeness (QED) is 0.523. The zero-order valence-electron chi connectivity index (χ0n) is 17.1. The Labute approximate surface area is 188 Å². The third-order valence-electron chi connectivity index (χ3n) is 4.86. The number of anilines is 2. The van der Waals surface area contributed by atoms with Crippen LogP contribution in [-0.4, -0.2) is 26.0 Å². The van der Waals surface area contributed by atoms with Crippen molar-refractivity contribution >= 4 is 51.7 Å². The number of ether oxygens (including phenoxy) is 2. The van der Waals surface area contributed by atoms with Gasteiger partial charge >= 0.3 is 0 Å². The van der Waals surface area contributed by atoms with E-state index in [2.05, 4.69) is 5.32 Å². The second-order valence-corrected chi connectivity index (χ2v) is 8.18. The van der Waals surface area contributed by atoms with Crippen molar-refractivity contribution in [3.63, 3.8) is 0 Å². The Balaban J connectivity index is 1.81. The van der Waals surface area contributed by atoms with Gasteiger partial charge in [-0.3, -0.25) is 9.59 Å². The molecule has 8 heteroatoms. The van der Waals surface area contributed by atoms with Gasteiger partial charge in [-0.15, -0.1) is 11.3 Å². The van der Waals surface area contributed by atoms with E-state index in [1.54, 1.807) is 25.3 Å². The number of carbonyl (C=O) groups is 2. The van der Waals surface area contributed by atoms with Gasteiger partial charge in [-0.05, 0) is 54.3 Å². The Hall–Kier alpha value is -3.29. The number of benzene rings is 2. The molecule has 1 aliphatic rings. The van der Waals surface area contributed by atoms with Crippen LogP contribution in [0.15, 0.2) is 59.6 Å². The smallest absolute Gasteiger partial charge is 0.282 e. The SMILES string of the molecule is COc1ccc(N2C(=O)C(Nc3cc(C)ccc3OC)=C(c3cccs3)C2=O)cc1Cl. The van der Waals surface area contributed by atoms with Gasteiger partial charge in [-0.2, -0.15) is 0 Å². The third-order valence-corrected chi connectivity index (χ3v) is 6.04. The summed E-state index contributed by atoms with van der Waals surface area (Å²) in [5.74, 6) is 0.120. The fourth-order valence-electron chi connectivity index (χ4n) is 3.38. The highest BCUT2D eigenvalue weighted by Crippen LogP contribution is 2.39. The molecular formula is C23H19ClN2O4S. The maximum absolute atomic E-state index is 13.5. The summed E-state index contributed by atoms with van der Waals surface area (Å²) < 4.78 is 10.6. The average molecular weight is 455 g/mol. The molecule has 0 radical (unpaired) electrons. The number of hydrogen-bond donors (Lipinski definition) is 1. The predicted octanol–water partition coefficient (Wildman–Crippen LogP) is 5.12. The number of carbonyl (C=O) groups excluding carboxylic acids is 2. The van der Waals surface area contributed by atoms with Crippen LogP contribution in [0.3, 0.4) is 0 Å². The van der Waals surface area contributed by atoms with Crippen molar-refractivity contribution in [3.8, 4) is 11.5 Å². The van der Waals surface area contributed by atoms with Gasteiger partial charge in [0.25, 0.3) is 11.8 Å². The number of aryl methyl sites for hydroxylation is 1. The number of amides is 2. The van der Waals surface area contributed by atoms with Crippen molar-refractivity contribution in [2.45, 2.75) is 6.92 Å². The van der Waals surface area contributed by atoms with E-state index in [1.807, 2.05) is 42.6 Å². The van der Waals surface area contributed by atoms with Crippen LogP contribution in [0, 0.1) is 6.92 Å². The fourth-order valence-corrected chi connectivity index (χ4v) is 4.40. The van der Waals surface area contributed by atoms with Crippen LogP contribution in [0.1, 0.15) is 10.4 Å². The molecule has 2 heterocycles. The van der Waals surface area contributed by atoms with E-state index in [0.29, 0.717) is 38.3 Å². The van der Waals surface area contributed by atoms with Gasteiger partial charge in [0.2, 0.25) is 0 Å². The number of halogens is 1. The summed E-state index contributed by atoms with van der Waals surface area (Å²) in [5.41, 5.74) is 2.43. The van der Waals surface area contributed by atoms with Crippen LogP contribution in [0.5, 0.6) is 11.5 Å². The van der Waals surface area contributed by atoms with Gasteiger partial charge in [0, 0.05) is 4.88 Å². The Morgan fingerprint density at radius 2 is 1.71 bits per heavy atom. The van der Waals surface area contributed by atoms with Crippen LogP contribution in [0.4, 0.5) is 11.4 Å². The van der Waals surface area contributed by atoms with Crippen molar-refractivity contribution in [1.29, 1.82) is 0 Å². The summed E-state index contributed by atoms with van der Waals surface area (Å²) in [6, 6.07) is 14.0. The van der Waals surface area contributed by atoms with Gasteiger partial charge in [0.1, 0.15) is 17.2 Å². The van der Waals surface area contributed by atoms with Crippen molar-refractivity contribution in [1.82, 2.24) is 0 Å². The summed E-state index contributed by atoms with van der Waals surface area (Å²) in [6.07, 6.45) is 0.